The summed E-state index contributed by atoms with van der Waals surface area (Å²) in [5, 5.41) is 8.96. The van der Waals surface area contributed by atoms with E-state index in [1.165, 1.54) is 7.11 Å². The standard InChI is InChI=1S/C8H12N2O2/c1-5-7(4-11)8(12-3)10-6(2)9-5/h11H,4H2,1-3H3. The Kier molecular flexibility index (Phi) is 2.60. The SMILES string of the molecule is COc1nc(C)nc(C)c1CO. The molecule has 0 amide bonds. The fraction of sp³-hybridized carbons (Fsp3) is 0.500. The first-order valence-electron chi connectivity index (χ1n) is 3.68. The molecule has 1 rings (SSSR count). The lowest BCUT2D eigenvalue weighted by molar-refractivity contribution is 0.269. The smallest absolute Gasteiger partial charge is 0.222 e. The molecule has 66 valence electrons. The summed E-state index contributed by atoms with van der Waals surface area (Å²) in [6.45, 7) is 3.52. The maximum absolute atomic E-state index is 8.96. The van der Waals surface area contributed by atoms with E-state index in [0.717, 1.165) is 5.69 Å². The zero-order valence-corrected chi connectivity index (χ0v) is 7.46. The minimum atomic E-state index is -0.0880. The van der Waals surface area contributed by atoms with Crippen LogP contribution in [0.4, 0.5) is 0 Å². The quantitative estimate of drug-likeness (QED) is 0.702. The monoisotopic (exact) mass is 168 g/mol. The molecule has 0 saturated heterocycles. The number of aliphatic hydroxyl groups is 1. The number of rotatable bonds is 2. The van der Waals surface area contributed by atoms with E-state index in [4.69, 9.17) is 9.84 Å². The summed E-state index contributed by atoms with van der Waals surface area (Å²) in [6, 6.07) is 0. The van der Waals surface area contributed by atoms with Crippen molar-refractivity contribution in [3.8, 4) is 5.88 Å². The first kappa shape index (κ1) is 8.93. The number of aromatic nitrogens is 2. The highest BCUT2D eigenvalue weighted by molar-refractivity contribution is 5.29. The van der Waals surface area contributed by atoms with E-state index >= 15 is 0 Å². The summed E-state index contributed by atoms with van der Waals surface area (Å²) in [7, 11) is 1.53. The molecule has 0 bridgehead atoms. The Morgan fingerprint density at radius 1 is 1.33 bits per heavy atom. The highest BCUT2D eigenvalue weighted by Crippen LogP contribution is 2.17. The van der Waals surface area contributed by atoms with Gasteiger partial charge in [-0.05, 0) is 13.8 Å². The summed E-state index contributed by atoms with van der Waals surface area (Å²) >= 11 is 0. The molecule has 4 nitrogen and oxygen atoms in total. The predicted molar refractivity (Wildman–Crippen MR) is 44.0 cm³/mol. The van der Waals surface area contributed by atoms with E-state index in [0.29, 0.717) is 17.3 Å². The van der Waals surface area contributed by atoms with Gasteiger partial charge in [0.25, 0.3) is 0 Å². The van der Waals surface area contributed by atoms with Crippen molar-refractivity contribution >= 4 is 0 Å². The lowest BCUT2D eigenvalue weighted by Gasteiger charge is -2.07. The third-order valence-corrected chi connectivity index (χ3v) is 1.64. The summed E-state index contributed by atoms with van der Waals surface area (Å²) < 4.78 is 4.99. The second-order valence-electron chi connectivity index (χ2n) is 2.50. The van der Waals surface area contributed by atoms with Crippen LogP contribution in [0.5, 0.6) is 5.88 Å². The van der Waals surface area contributed by atoms with Crippen molar-refractivity contribution in [3.63, 3.8) is 0 Å². The number of hydrogen-bond donors (Lipinski definition) is 1. The second kappa shape index (κ2) is 3.49. The molecule has 0 fully saturated rings. The van der Waals surface area contributed by atoms with Gasteiger partial charge in [-0.25, -0.2) is 4.98 Å². The van der Waals surface area contributed by atoms with Crippen LogP contribution < -0.4 is 4.74 Å². The zero-order chi connectivity index (χ0) is 9.14. The third kappa shape index (κ3) is 1.53. The Bertz CT molecular complexity index is 287. The van der Waals surface area contributed by atoms with Gasteiger partial charge < -0.3 is 9.84 Å². The Morgan fingerprint density at radius 2 is 2.00 bits per heavy atom. The van der Waals surface area contributed by atoms with Gasteiger partial charge in [0, 0.05) is 0 Å². The fourth-order valence-corrected chi connectivity index (χ4v) is 1.06. The van der Waals surface area contributed by atoms with Gasteiger partial charge in [-0.1, -0.05) is 0 Å². The summed E-state index contributed by atoms with van der Waals surface area (Å²) in [6.07, 6.45) is 0. The molecule has 1 N–H and O–H groups in total. The molecule has 12 heavy (non-hydrogen) atoms. The van der Waals surface area contributed by atoms with Gasteiger partial charge in [-0.3, -0.25) is 0 Å². The number of methoxy groups -OCH3 is 1. The Labute approximate surface area is 71.2 Å². The number of aliphatic hydroxyl groups excluding tert-OH is 1. The summed E-state index contributed by atoms with van der Waals surface area (Å²) in [5.74, 6) is 1.11. The third-order valence-electron chi connectivity index (χ3n) is 1.64. The van der Waals surface area contributed by atoms with Gasteiger partial charge in [0.1, 0.15) is 5.82 Å². The summed E-state index contributed by atoms with van der Waals surface area (Å²) in [5.41, 5.74) is 1.42. The van der Waals surface area contributed by atoms with Gasteiger partial charge in [0.05, 0.1) is 25.0 Å². The van der Waals surface area contributed by atoms with E-state index in [9.17, 15) is 0 Å². The molecule has 1 aromatic rings. The topological polar surface area (TPSA) is 55.2 Å². The molecule has 0 radical (unpaired) electrons. The number of hydrogen-bond acceptors (Lipinski definition) is 4. The van der Waals surface area contributed by atoms with E-state index in [1.807, 2.05) is 6.92 Å². The second-order valence-corrected chi connectivity index (χ2v) is 2.50. The first-order chi connectivity index (χ1) is 5.69. The maximum Gasteiger partial charge on any atom is 0.222 e. The molecular formula is C8H12N2O2. The first-order valence-corrected chi connectivity index (χ1v) is 3.68. The van der Waals surface area contributed by atoms with Crippen molar-refractivity contribution in [1.29, 1.82) is 0 Å². The average molecular weight is 168 g/mol. The van der Waals surface area contributed by atoms with Crippen molar-refractivity contribution in [2.45, 2.75) is 20.5 Å². The largest absolute Gasteiger partial charge is 0.481 e. The van der Waals surface area contributed by atoms with Crippen LogP contribution in [-0.4, -0.2) is 22.2 Å². The van der Waals surface area contributed by atoms with Crippen LogP contribution in [0.15, 0.2) is 0 Å². The molecule has 0 aliphatic carbocycles. The minimum Gasteiger partial charge on any atom is -0.481 e. The molecule has 0 aromatic carbocycles. The molecule has 0 aliphatic rings. The van der Waals surface area contributed by atoms with Crippen molar-refractivity contribution in [2.75, 3.05) is 7.11 Å². The van der Waals surface area contributed by atoms with Gasteiger partial charge in [0.2, 0.25) is 5.88 Å². The van der Waals surface area contributed by atoms with Crippen LogP contribution in [-0.2, 0) is 6.61 Å². The molecule has 0 aliphatic heterocycles. The van der Waals surface area contributed by atoms with Crippen molar-refractivity contribution in [2.24, 2.45) is 0 Å². The molecular weight excluding hydrogens is 156 g/mol. The normalized spacial score (nSPS) is 10.0. The van der Waals surface area contributed by atoms with Crippen LogP contribution in [0.2, 0.25) is 0 Å². The van der Waals surface area contributed by atoms with Gasteiger partial charge in [-0.2, -0.15) is 4.98 Å². The van der Waals surface area contributed by atoms with Crippen LogP contribution >= 0.6 is 0 Å². The van der Waals surface area contributed by atoms with Gasteiger partial charge in [0.15, 0.2) is 0 Å². The number of nitrogens with zero attached hydrogens (tertiary/aromatic N) is 2. The van der Waals surface area contributed by atoms with Crippen LogP contribution in [0.3, 0.4) is 0 Å². The van der Waals surface area contributed by atoms with Crippen molar-refractivity contribution in [1.82, 2.24) is 9.97 Å². The molecule has 1 aromatic heterocycles. The van der Waals surface area contributed by atoms with E-state index in [-0.39, 0.29) is 6.61 Å². The van der Waals surface area contributed by atoms with E-state index < -0.39 is 0 Å². The van der Waals surface area contributed by atoms with E-state index in [2.05, 4.69) is 9.97 Å². The van der Waals surface area contributed by atoms with Crippen molar-refractivity contribution in [3.05, 3.63) is 17.1 Å². The summed E-state index contributed by atoms with van der Waals surface area (Å²) in [4.78, 5) is 8.13. The maximum atomic E-state index is 8.96. The molecule has 0 atom stereocenters. The van der Waals surface area contributed by atoms with Crippen molar-refractivity contribution < 1.29 is 9.84 Å². The van der Waals surface area contributed by atoms with Crippen LogP contribution in [0.25, 0.3) is 0 Å². The molecule has 0 unspecified atom stereocenters. The lowest BCUT2D eigenvalue weighted by atomic mass is 10.2. The average Bonchev–Trinajstić information content (AvgIpc) is 2.03. The Balaban J connectivity index is 3.24. The van der Waals surface area contributed by atoms with Crippen LogP contribution in [0.1, 0.15) is 17.1 Å². The predicted octanol–water partition coefficient (Wildman–Crippen LogP) is 0.594. The Hall–Kier alpha value is -1.16. The molecule has 4 heteroatoms. The number of aryl methyl sites for hydroxylation is 2. The highest BCUT2D eigenvalue weighted by atomic mass is 16.5. The minimum absolute atomic E-state index is 0.0880. The zero-order valence-electron chi connectivity index (χ0n) is 7.46. The van der Waals surface area contributed by atoms with Gasteiger partial charge in [-0.15, -0.1) is 0 Å². The molecule has 0 saturated carbocycles. The number of ether oxygens (including phenoxy) is 1. The lowest BCUT2D eigenvalue weighted by Crippen LogP contribution is -2.02. The van der Waals surface area contributed by atoms with Crippen LogP contribution in [0, 0.1) is 13.8 Å². The highest BCUT2D eigenvalue weighted by Gasteiger charge is 2.08. The Morgan fingerprint density at radius 3 is 2.50 bits per heavy atom. The van der Waals surface area contributed by atoms with E-state index in [1.54, 1.807) is 6.92 Å². The molecule has 0 spiro atoms. The van der Waals surface area contributed by atoms with Gasteiger partial charge >= 0.3 is 0 Å². The molecule has 1 heterocycles. The fourth-order valence-electron chi connectivity index (χ4n) is 1.06.